The highest BCUT2D eigenvalue weighted by Crippen LogP contribution is 2.35. The van der Waals surface area contributed by atoms with Gasteiger partial charge in [-0.1, -0.05) is 0 Å². The van der Waals surface area contributed by atoms with Gasteiger partial charge in [0, 0.05) is 29.9 Å². The number of nitrogens with one attached hydrogen (secondary N) is 1. The standard InChI is InChI=1S/C12H15BrClNO5S/c1-7(19-2)6-15-12(16)8-4-9(13)11(20-3)10(5-8)21(14,17)18/h4-5,7H,6H2,1-3H3,(H,15,16). The van der Waals surface area contributed by atoms with Gasteiger partial charge in [0.05, 0.1) is 17.7 Å². The Morgan fingerprint density at radius 3 is 2.52 bits per heavy atom. The van der Waals surface area contributed by atoms with Crippen LogP contribution in [0, 0.1) is 0 Å². The van der Waals surface area contributed by atoms with Gasteiger partial charge in [0.15, 0.2) is 5.75 Å². The van der Waals surface area contributed by atoms with Gasteiger partial charge in [-0.2, -0.15) is 0 Å². The summed E-state index contributed by atoms with van der Waals surface area (Å²) >= 11 is 3.16. The van der Waals surface area contributed by atoms with E-state index in [9.17, 15) is 13.2 Å². The summed E-state index contributed by atoms with van der Waals surface area (Å²) in [4.78, 5) is 11.8. The van der Waals surface area contributed by atoms with Crippen LogP contribution in [0.15, 0.2) is 21.5 Å². The second-order valence-corrected chi connectivity index (χ2v) is 7.57. The fraction of sp³-hybridized carbons (Fsp3) is 0.417. The first kappa shape index (κ1) is 18.2. The summed E-state index contributed by atoms with van der Waals surface area (Å²) in [5, 5.41) is 2.63. The molecule has 1 N–H and O–H groups in total. The average Bonchev–Trinajstić information content (AvgIpc) is 2.42. The third-order valence-electron chi connectivity index (χ3n) is 2.69. The number of rotatable bonds is 6. The minimum atomic E-state index is -4.05. The number of methoxy groups -OCH3 is 2. The SMILES string of the molecule is COc1c(Br)cc(C(=O)NCC(C)OC)cc1S(=O)(=O)Cl. The maximum Gasteiger partial charge on any atom is 0.265 e. The molecule has 0 spiro atoms. The number of halogens is 2. The van der Waals surface area contributed by atoms with Gasteiger partial charge in [0.1, 0.15) is 4.90 Å². The molecule has 0 aliphatic rings. The fourth-order valence-corrected chi connectivity index (χ4v) is 3.28. The number of amides is 1. The van der Waals surface area contributed by atoms with Crippen LogP contribution in [-0.4, -0.2) is 41.2 Å². The van der Waals surface area contributed by atoms with Gasteiger partial charge in [0.25, 0.3) is 15.0 Å². The molecular weight excluding hydrogens is 386 g/mol. The lowest BCUT2D eigenvalue weighted by atomic mass is 10.2. The van der Waals surface area contributed by atoms with Gasteiger partial charge >= 0.3 is 0 Å². The molecule has 1 rings (SSSR count). The molecular formula is C12H15BrClNO5S. The molecule has 1 amide bonds. The van der Waals surface area contributed by atoms with Gasteiger partial charge in [-0.3, -0.25) is 4.79 Å². The molecule has 21 heavy (non-hydrogen) atoms. The highest BCUT2D eigenvalue weighted by Gasteiger charge is 2.22. The van der Waals surface area contributed by atoms with Crippen molar-refractivity contribution in [3.63, 3.8) is 0 Å². The predicted octanol–water partition coefficient (Wildman–Crippen LogP) is 2.15. The second-order valence-electron chi connectivity index (χ2n) is 4.18. The lowest BCUT2D eigenvalue weighted by molar-refractivity contribution is 0.0870. The Morgan fingerprint density at radius 1 is 1.43 bits per heavy atom. The number of carbonyl (C=O) groups excluding carboxylic acids is 1. The zero-order valence-corrected chi connectivity index (χ0v) is 14.8. The minimum absolute atomic E-state index is 0.0480. The van der Waals surface area contributed by atoms with Crippen LogP contribution in [0.3, 0.4) is 0 Å². The van der Waals surface area contributed by atoms with Gasteiger partial charge in [0.2, 0.25) is 0 Å². The highest BCUT2D eigenvalue weighted by molar-refractivity contribution is 9.10. The summed E-state index contributed by atoms with van der Waals surface area (Å²) in [7, 11) is 4.15. The quantitative estimate of drug-likeness (QED) is 0.740. The summed E-state index contributed by atoms with van der Waals surface area (Å²) in [5.74, 6) is -0.393. The van der Waals surface area contributed by atoms with Crippen molar-refractivity contribution in [2.75, 3.05) is 20.8 Å². The molecule has 6 nitrogen and oxygen atoms in total. The maximum atomic E-state index is 12.0. The number of hydrogen-bond acceptors (Lipinski definition) is 5. The van der Waals surface area contributed by atoms with E-state index in [1.807, 2.05) is 0 Å². The van der Waals surface area contributed by atoms with E-state index < -0.39 is 15.0 Å². The molecule has 0 fully saturated rings. The van der Waals surface area contributed by atoms with E-state index in [4.69, 9.17) is 20.2 Å². The molecule has 0 heterocycles. The van der Waals surface area contributed by atoms with Crippen LogP contribution in [0.25, 0.3) is 0 Å². The van der Waals surface area contributed by atoms with Crippen molar-refractivity contribution in [2.24, 2.45) is 0 Å². The van der Waals surface area contributed by atoms with Crippen LogP contribution in [0.2, 0.25) is 0 Å². The maximum absolute atomic E-state index is 12.0. The van der Waals surface area contributed by atoms with Crippen molar-refractivity contribution < 1.29 is 22.7 Å². The third kappa shape index (κ3) is 4.84. The van der Waals surface area contributed by atoms with Gasteiger partial charge < -0.3 is 14.8 Å². The zero-order chi connectivity index (χ0) is 16.2. The van der Waals surface area contributed by atoms with Crippen molar-refractivity contribution in [1.82, 2.24) is 5.32 Å². The average molecular weight is 401 g/mol. The number of benzene rings is 1. The summed E-state index contributed by atoms with van der Waals surface area (Å²) in [6.07, 6.45) is -0.160. The van der Waals surface area contributed by atoms with Gasteiger partial charge in [-0.05, 0) is 35.0 Å². The lowest BCUT2D eigenvalue weighted by Gasteiger charge is -2.13. The smallest absolute Gasteiger partial charge is 0.265 e. The van der Waals surface area contributed by atoms with Crippen LogP contribution >= 0.6 is 26.6 Å². The zero-order valence-electron chi connectivity index (χ0n) is 11.6. The minimum Gasteiger partial charge on any atom is -0.494 e. The summed E-state index contributed by atoms with van der Waals surface area (Å²) < 4.78 is 33.5. The molecule has 0 aromatic heterocycles. The first-order valence-electron chi connectivity index (χ1n) is 5.84. The molecule has 0 aliphatic heterocycles. The fourth-order valence-electron chi connectivity index (χ4n) is 1.50. The van der Waals surface area contributed by atoms with Crippen molar-refractivity contribution in [3.05, 3.63) is 22.2 Å². The first-order valence-corrected chi connectivity index (χ1v) is 8.94. The Balaban J connectivity index is 3.16. The van der Waals surface area contributed by atoms with Crippen LogP contribution in [-0.2, 0) is 13.8 Å². The van der Waals surface area contributed by atoms with E-state index in [2.05, 4.69) is 21.2 Å². The Morgan fingerprint density at radius 2 is 2.05 bits per heavy atom. The Hall–Kier alpha value is -0.830. The topological polar surface area (TPSA) is 81.7 Å². The van der Waals surface area contributed by atoms with Gasteiger partial charge in [-0.15, -0.1) is 0 Å². The van der Waals surface area contributed by atoms with E-state index in [1.165, 1.54) is 26.4 Å². The summed E-state index contributed by atoms with van der Waals surface area (Å²) in [5.41, 5.74) is 0.144. The predicted molar refractivity (Wildman–Crippen MR) is 82.5 cm³/mol. The molecule has 0 radical (unpaired) electrons. The largest absolute Gasteiger partial charge is 0.494 e. The molecule has 1 unspecified atom stereocenters. The molecule has 1 atom stereocenters. The van der Waals surface area contributed by atoms with Crippen molar-refractivity contribution >= 4 is 41.6 Å². The number of ether oxygens (including phenoxy) is 2. The number of carbonyl (C=O) groups is 1. The molecule has 1 aromatic carbocycles. The summed E-state index contributed by atoms with van der Waals surface area (Å²) in [6, 6.07) is 2.62. The molecule has 0 aliphatic carbocycles. The van der Waals surface area contributed by atoms with E-state index in [0.717, 1.165) is 0 Å². The second kappa shape index (κ2) is 7.44. The molecule has 0 saturated heterocycles. The van der Waals surface area contributed by atoms with Crippen molar-refractivity contribution in [3.8, 4) is 5.75 Å². The third-order valence-corrected chi connectivity index (χ3v) is 4.61. The van der Waals surface area contributed by atoms with Crippen LogP contribution in [0.5, 0.6) is 5.75 Å². The molecule has 118 valence electrons. The van der Waals surface area contributed by atoms with E-state index in [0.29, 0.717) is 11.0 Å². The van der Waals surface area contributed by atoms with Crippen molar-refractivity contribution in [1.29, 1.82) is 0 Å². The van der Waals surface area contributed by atoms with Crippen LogP contribution < -0.4 is 10.1 Å². The van der Waals surface area contributed by atoms with Crippen molar-refractivity contribution in [2.45, 2.75) is 17.9 Å². The van der Waals surface area contributed by atoms with Crippen LogP contribution in [0.4, 0.5) is 0 Å². The summed E-state index contributed by atoms with van der Waals surface area (Å²) in [6.45, 7) is 2.08. The first-order chi connectivity index (χ1) is 9.70. The monoisotopic (exact) mass is 399 g/mol. The van der Waals surface area contributed by atoms with Gasteiger partial charge in [-0.25, -0.2) is 8.42 Å². The Kier molecular flexibility index (Phi) is 6.45. The molecule has 0 saturated carbocycles. The Labute approximate surface area is 136 Å². The lowest BCUT2D eigenvalue weighted by Crippen LogP contribution is -2.31. The van der Waals surface area contributed by atoms with E-state index in [-0.39, 0.29) is 22.3 Å². The highest BCUT2D eigenvalue weighted by atomic mass is 79.9. The van der Waals surface area contributed by atoms with E-state index in [1.54, 1.807) is 6.92 Å². The molecule has 1 aromatic rings. The Bertz CT molecular complexity index is 635. The number of hydrogen-bond donors (Lipinski definition) is 1. The normalized spacial score (nSPS) is 12.8. The molecule has 0 bridgehead atoms. The van der Waals surface area contributed by atoms with Crippen LogP contribution in [0.1, 0.15) is 17.3 Å². The molecule has 9 heteroatoms. The van der Waals surface area contributed by atoms with E-state index >= 15 is 0 Å².